The van der Waals surface area contributed by atoms with E-state index in [1.54, 1.807) is 31.8 Å². The van der Waals surface area contributed by atoms with E-state index in [9.17, 15) is 15.0 Å². The zero-order chi connectivity index (χ0) is 21.8. The first kappa shape index (κ1) is 21.0. The molecule has 0 aliphatic heterocycles. The maximum Gasteiger partial charge on any atom is 0.191 e. The quantitative estimate of drug-likeness (QED) is 0.619. The first-order valence-electron chi connectivity index (χ1n) is 10.4. The second-order valence-electron chi connectivity index (χ2n) is 9.67. The molecule has 0 saturated heterocycles. The predicted molar refractivity (Wildman–Crippen MR) is 109 cm³/mol. The van der Waals surface area contributed by atoms with Gasteiger partial charge in [0.05, 0.1) is 17.6 Å². The van der Waals surface area contributed by atoms with E-state index in [4.69, 9.17) is 0 Å². The number of imidazole rings is 1. The van der Waals surface area contributed by atoms with E-state index in [1.807, 2.05) is 7.05 Å². The topological polar surface area (TPSA) is 105 Å². The number of aromatic nitrogens is 4. The number of aliphatic hydroxyl groups is 2. The number of fused-ring (bicyclic) bond motifs is 1. The summed E-state index contributed by atoms with van der Waals surface area (Å²) < 4.78 is 18.3. The summed E-state index contributed by atoms with van der Waals surface area (Å²) >= 11 is 0. The van der Waals surface area contributed by atoms with Gasteiger partial charge in [0.25, 0.3) is 0 Å². The molecule has 2 atom stereocenters. The fraction of sp³-hybridized carbons (Fsp3) is 0.667. The molecule has 4 rings (SSSR count). The van der Waals surface area contributed by atoms with Gasteiger partial charge in [-0.25, -0.2) is 9.37 Å². The number of hydrogen-bond acceptors (Lipinski definition) is 6. The summed E-state index contributed by atoms with van der Waals surface area (Å²) in [5.74, 6) is 0.148. The Labute approximate surface area is 175 Å². The van der Waals surface area contributed by atoms with E-state index in [0.29, 0.717) is 18.5 Å². The molecule has 0 amide bonds. The molecule has 9 heteroatoms. The Morgan fingerprint density at radius 2 is 1.97 bits per heavy atom. The van der Waals surface area contributed by atoms with Crippen LogP contribution < -0.4 is 5.32 Å². The number of carbonyl (C=O) groups excluding carboxylic acids is 1. The summed E-state index contributed by atoms with van der Waals surface area (Å²) in [5.41, 5.74) is -0.659. The average molecular weight is 420 g/mol. The molecule has 0 spiro atoms. The molecule has 8 nitrogen and oxygen atoms in total. The molecule has 2 aromatic rings. The number of halogens is 1. The van der Waals surface area contributed by atoms with E-state index in [1.165, 1.54) is 4.68 Å². The van der Waals surface area contributed by atoms with Crippen molar-refractivity contribution in [2.75, 3.05) is 11.9 Å². The summed E-state index contributed by atoms with van der Waals surface area (Å²) in [4.78, 5) is 15.8. The van der Waals surface area contributed by atoms with Crippen molar-refractivity contribution < 1.29 is 19.4 Å². The zero-order valence-corrected chi connectivity index (χ0v) is 17.9. The van der Waals surface area contributed by atoms with Crippen LogP contribution in [0, 0.1) is 17.7 Å². The molecular formula is C21H30FN5O3. The lowest BCUT2D eigenvalue weighted by Gasteiger charge is -2.25. The van der Waals surface area contributed by atoms with Gasteiger partial charge in [0, 0.05) is 26.6 Å². The minimum Gasteiger partial charge on any atom is -0.389 e. The maximum atomic E-state index is 15.1. The summed E-state index contributed by atoms with van der Waals surface area (Å²) in [6.45, 7) is 3.40. The monoisotopic (exact) mass is 419 g/mol. The summed E-state index contributed by atoms with van der Waals surface area (Å²) in [5, 5.41) is 28.3. The average Bonchev–Trinajstić information content (AvgIpc) is 3.33. The zero-order valence-electron chi connectivity index (χ0n) is 17.9. The van der Waals surface area contributed by atoms with Crippen molar-refractivity contribution in [3.05, 3.63) is 29.2 Å². The predicted octanol–water partition coefficient (Wildman–Crippen LogP) is 2.08. The smallest absolute Gasteiger partial charge is 0.191 e. The van der Waals surface area contributed by atoms with Gasteiger partial charge in [-0.3, -0.25) is 9.48 Å². The van der Waals surface area contributed by atoms with Gasteiger partial charge in [0.15, 0.2) is 17.9 Å². The lowest BCUT2D eigenvalue weighted by molar-refractivity contribution is 0.0228. The number of nitrogens with zero attached hydrogens (tertiary/aromatic N) is 4. The van der Waals surface area contributed by atoms with Crippen molar-refractivity contribution in [1.29, 1.82) is 0 Å². The van der Waals surface area contributed by atoms with Crippen molar-refractivity contribution in [1.82, 2.24) is 19.3 Å². The molecule has 30 heavy (non-hydrogen) atoms. The summed E-state index contributed by atoms with van der Waals surface area (Å²) in [6, 6.07) is 0. The van der Waals surface area contributed by atoms with E-state index < -0.39 is 17.0 Å². The fourth-order valence-electron chi connectivity index (χ4n) is 5.41. The van der Waals surface area contributed by atoms with Crippen LogP contribution in [0.2, 0.25) is 0 Å². The van der Waals surface area contributed by atoms with Crippen LogP contribution in [0.15, 0.2) is 6.33 Å². The van der Waals surface area contributed by atoms with Crippen LogP contribution >= 0.6 is 0 Å². The standard InChI is InChI=1S/C21H30FN5O3/c1-20(2,29)10-23-19-16(22)18(27(4)25-19)21(30)7-13-5-12(6-14(13)8-21)17-15(9-28)26(3)11-24-17/h9,11-14,29-30H,5-8,10H2,1-4H3,(H,23,25). The third kappa shape index (κ3) is 3.54. The lowest BCUT2D eigenvalue weighted by Crippen LogP contribution is -2.30. The van der Waals surface area contributed by atoms with Crippen molar-refractivity contribution in [3.8, 4) is 0 Å². The molecule has 3 N–H and O–H groups in total. The second-order valence-corrected chi connectivity index (χ2v) is 9.67. The Morgan fingerprint density at radius 3 is 2.53 bits per heavy atom. The van der Waals surface area contributed by atoms with Crippen molar-refractivity contribution in [2.45, 2.75) is 56.7 Å². The Kier molecular flexibility index (Phi) is 5.01. The number of rotatable bonds is 6. The first-order valence-corrected chi connectivity index (χ1v) is 10.4. The Balaban J connectivity index is 1.51. The van der Waals surface area contributed by atoms with Gasteiger partial charge in [-0.1, -0.05) is 0 Å². The van der Waals surface area contributed by atoms with Gasteiger partial charge in [-0.15, -0.1) is 0 Å². The minimum atomic E-state index is -1.28. The number of nitrogens with one attached hydrogen (secondary N) is 1. The fourth-order valence-corrected chi connectivity index (χ4v) is 5.41. The van der Waals surface area contributed by atoms with Crippen LogP contribution in [-0.4, -0.2) is 48.0 Å². The van der Waals surface area contributed by atoms with Crippen molar-refractivity contribution in [2.24, 2.45) is 25.9 Å². The number of anilines is 1. The number of aldehydes is 1. The maximum absolute atomic E-state index is 15.1. The van der Waals surface area contributed by atoms with Gasteiger partial charge >= 0.3 is 0 Å². The highest BCUT2D eigenvalue weighted by Crippen LogP contribution is 2.57. The van der Waals surface area contributed by atoms with E-state index in [0.717, 1.165) is 24.8 Å². The Morgan fingerprint density at radius 1 is 1.33 bits per heavy atom. The van der Waals surface area contributed by atoms with Crippen LogP contribution in [-0.2, 0) is 19.7 Å². The number of hydrogen-bond donors (Lipinski definition) is 3. The number of carbonyl (C=O) groups is 1. The second kappa shape index (κ2) is 7.16. The van der Waals surface area contributed by atoms with Crippen LogP contribution in [0.1, 0.15) is 67.3 Å². The van der Waals surface area contributed by atoms with Gasteiger partial charge in [-0.05, 0) is 51.4 Å². The number of aryl methyl sites for hydroxylation is 2. The largest absolute Gasteiger partial charge is 0.389 e. The molecule has 2 aliphatic rings. The van der Waals surface area contributed by atoms with Crippen LogP contribution in [0.3, 0.4) is 0 Å². The Hall–Kier alpha value is -2.26. The SMILES string of the molecule is Cn1cnc(C2CC3CC(O)(c4c(F)c(NCC(C)(C)O)nn4C)CC3C2)c1C=O. The van der Waals surface area contributed by atoms with Crippen LogP contribution in [0.5, 0.6) is 0 Å². The third-order valence-corrected chi connectivity index (χ3v) is 6.67. The molecular weight excluding hydrogens is 389 g/mol. The molecule has 164 valence electrons. The molecule has 0 bridgehead atoms. The minimum absolute atomic E-state index is 0.0436. The first-order chi connectivity index (χ1) is 14.0. The van der Waals surface area contributed by atoms with Gasteiger partial charge in [0.1, 0.15) is 17.0 Å². The van der Waals surface area contributed by atoms with Crippen LogP contribution in [0.25, 0.3) is 0 Å². The van der Waals surface area contributed by atoms with E-state index in [-0.39, 0.29) is 35.8 Å². The molecule has 2 aliphatic carbocycles. The van der Waals surface area contributed by atoms with Gasteiger partial charge in [0.2, 0.25) is 0 Å². The molecule has 2 saturated carbocycles. The third-order valence-electron chi connectivity index (χ3n) is 6.67. The summed E-state index contributed by atoms with van der Waals surface area (Å²) in [7, 11) is 3.44. The van der Waals surface area contributed by atoms with Gasteiger partial charge in [-0.2, -0.15) is 5.10 Å². The highest BCUT2D eigenvalue weighted by atomic mass is 19.1. The molecule has 0 aromatic carbocycles. The van der Waals surface area contributed by atoms with E-state index >= 15 is 4.39 Å². The molecule has 0 radical (unpaired) electrons. The molecule has 2 unspecified atom stereocenters. The Bertz CT molecular complexity index is 947. The van der Waals surface area contributed by atoms with E-state index in [2.05, 4.69) is 15.4 Å². The molecule has 2 aromatic heterocycles. The summed E-state index contributed by atoms with van der Waals surface area (Å²) in [6.07, 6.45) is 5.08. The van der Waals surface area contributed by atoms with Crippen molar-refractivity contribution in [3.63, 3.8) is 0 Å². The highest BCUT2D eigenvalue weighted by molar-refractivity contribution is 5.74. The highest BCUT2D eigenvalue weighted by Gasteiger charge is 2.52. The normalized spacial score (nSPS) is 28.7. The van der Waals surface area contributed by atoms with Gasteiger partial charge < -0.3 is 20.1 Å². The lowest BCUT2D eigenvalue weighted by atomic mass is 9.90. The molecule has 2 fully saturated rings. The van der Waals surface area contributed by atoms with Crippen molar-refractivity contribution >= 4 is 12.1 Å². The molecule has 2 heterocycles. The van der Waals surface area contributed by atoms with Crippen LogP contribution in [0.4, 0.5) is 10.2 Å².